The number of aliphatic hydroxyl groups is 1. The van der Waals surface area contributed by atoms with E-state index in [-0.39, 0.29) is 6.10 Å². The van der Waals surface area contributed by atoms with E-state index in [1.807, 2.05) is 6.92 Å². The highest BCUT2D eigenvalue weighted by atomic mass is 16.5. The van der Waals surface area contributed by atoms with Crippen molar-refractivity contribution in [3.63, 3.8) is 0 Å². The molecule has 2 heterocycles. The van der Waals surface area contributed by atoms with E-state index in [1.165, 1.54) is 11.1 Å². The number of ether oxygens (including phenoxy) is 2. The fourth-order valence-electron chi connectivity index (χ4n) is 2.60. The van der Waals surface area contributed by atoms with Gasteiger partial charge < -0.3 is 14.6 Å². The number of hydrogen-bond acceptors (Lipinski definition) is 3. The van der Waals surface area contributed by atoms with E-state index >= 15 is 0 Å². The van der Waals surface area contributed by atoms with Crippen molar-refractivity contribution in [3.05, 3.63) is 22.8 Å². The van der Waals surface area contributed by atoms with Gasteiger partial charge in [0.05, 0.1) is 19.3 Å². The maximum absolute atomic E-state index is 9.57. The van der Waals surface area contributed by atoms with Gasteiger partial charge >= 0.3 is 0 Å². The van der Waals surface area contributed by atoms with Crippen molar-refractivity contribution in [2.75, 3.05) is 13.2 Å². The van der Waals surface area contributed by atoms with E-state index in [0.29, 0.717) is 6.42 Å². The molecule has 0 spiro atoms. The third-order valence-corrected chi connectivity index (χ3v) is 3.26. The Bertz CT molecular complexity index is 391. The molecule has 16 heavy (non-hydrogen) atoms. The fourth-order valence-corrected chi connectivity index (χ4v) is 2.60. The second-order valence-corrected chi connectivity index (χ2v) is 4.57. The van der Waals surface area contributed by atoms with Crippen molar-refractivity contribution in [3.8, 4) is 11.5 Å². The summed E-state index contributed by atoms with van der Waals surface area (Å²) in [5.74, 6) is 2.00. The molecular weight excluding hydrogens is 204 g/mol. The molecule has 0 bridgehead atoms. The zero-order valence-electron chi connectivity index (χ0n) is 9.45. The lowest BCUT2D eigenvalue weighted by atomic mass is 9.96. The SMILES string of the molecule is CC(O)Cc1c2c(cc3c1OCC3)OCC2. The lowest BCUT2D eigenvalue weighted by Crippen LogP contribution is -2.08. The molecule has 1 atom stereocenters. The van der Waals surface area contributed by atoms with Crippen LogP contribution in [0.3, 0.4) is 0 Å². The van der Waals surface area contributed by atoms with Crippen molar-refractivity contribution in [2.45, 2.75) is 32.3 Å². The van der Waals surface area contributed by atoms with Gasteiger partial charge in [0.1, 0.15) is 11.5 Å². The second-order valence-electron chi connectivity index (χ2n) is 4.57. The molecule has 0 aromatic heterocycles. The van der Waals surface area contributed by atoms with Crippen LogP contribution in [0.25, 0.3) is 0 Å². The van der Waals surface area contributed by atoms with Crippen molar-refractivity contribution >= 4 is 0 Å². The maximum Gasteiger partial charge on any atom is 0.126 e. The van der Waals surface area contributed by atoms with E-state index in [1.54, 1.807) is 0 Å². The Hall–Kier alpha value is -1.22. The van der Waals surface area contributed by atoms with Crippen LogP contribution in [0, 0.1) is 0 Å². The van der Waals surface area contributed by atoms with Crippen LogP contribution >= 0.6 is 0 Å². The highest BCUT2D eigenvalue weighted by molar-refractivity contribution is 5.56. The molecule has 86 valence electrons. The van der Waals surface area contributed by atoms with Crippen LogP contribution in [-0.2, 0) is 19.3 Å². The molecule has 1 aromatic rings. The summed E-state index contributed by atoms with van der Waals surface area (Å²) in [6.07, 6.45) is 2.22. The van der Waals surface area contributed by atoms with Crippen LogP contribution in [0.15, 0.2) is 6.07 Å². The van der Waals surface area contributed by atoms with Crippen molar-refractivity contribution in [1.29, 1.82) is 0 Å². The molecular formula is C13H16O3. The molecule has 3 heteroatoms. The third-order valence-electron chi connectivity index (χ3n) is 3.26. The van der Waals surface area contributed by atoms with E-state index in [0.717, 1.165) is 43.1 Å². The highest BCUT2D eigenvalue weighted by Crippen LogP contribution is 2.41. The fraction of sp³-hybridized carbons (Fsp3) is 0.538. The quantitative estimate of drug-likeness (QED) is 0.820. The van der Waals surface area contributed by atoms with Gasteiger partial charge in [-0.1, -0.05) is 0 Å². The molecule has 3 nitrogen and oxygen atoms in total. The average Bonchev–Trinajstić information content (AvgIpc) is 2.83. The summed E-state index contributed by atoms with van der Waals surface area (Å²) in [6, 6.07) is 2.11. The lowest BCUT2D eigenvalue weighted by molar-refractivity contribution is 0.193. The normalized spacial score (nSPS) is 18.6. The van der Waals surface area contributed by atoms with Gasteiger partial charge in [-0.05, 0) is 13.0 Å². The first-order valence-electron chi connectivity index (χ1n) is 5.87. The third kappa shape index (κ3) is 1.47. The molecule has 1 unspecified atom stereocenters. The van der Waals surface area contributed by atoms with Gasteiger partial charge in [0.2, 0.25) is 0 Å². The Morgan fingerprint density at radius 1 is 1.31 bits per heavy atom. The van der Waals surface area contributed by atoms with Crippen molar-refractivity contribution in [1.82, 2.24) is 0 Å². The van der Waals surface area contributed by atoms with Gasteiger partial charge in [-0.15, -0.1) is 0 Å². The number of rotatable bonds is 2. The summed E-state index contributed by atoms with van der Waals surface area (Å²) in [4.78, 5) is 0. The van der Waals surface area contributed by atoms with Gasteiger partial charge in [-0.2, -0.15) is 0 Å². The topological polar surface area (TPSA) is 38.7 Å². The predicted octanol–water partition coefficient (Wildman–Crippen LogP) is 1.48. The standard InChI is InChI=1S/C13H16O3/c1-8(14)6-11-10-3-5-15-12(10)7-9-2-4-16-13(9)11/h7-8,14H,2-6H2,1H3. The number of fused-ring (bicyclic) bond motifs is 2. The molecule has 0 amide bonds. The van der Waals surface area contributed by atoms with E-state index in [9.17, 15) is 5.11 Å². The van der Waals surface area contributed by atoms with Crippen LogP contribution in [0.5, 0.6) is 11.5 Å². The Balaban J connectivity index is 2.12. The summed E-state index contributed by atoms with van der Waals surface area (Å²) in [5.41, 5.74) is 3.63. The van der Waals surface area contributed by atoms with Crippen LogP contribution in [-0.4, -0.2) is 24.4 Å². The zero-order chi connectivity index (χ0) is 11.1. The van der Waals surface area contributed by atoms with Gasteiger partial charge in [-0.25, -0.2) is 0 Å². The molecule has 2 aliphatic rings. The minimum atomic E-state index is -0.333. The number of benzene rings is 1. The molecule has 2 aliphatic heterocycles. The summed E-state index contributed by atoms with van der Waals surface area (Å²) in [7, 11) is 0. The molecule has 0 saturated heterocycles. The Morgan fingerprint density at radius 3 is 2.94 bits per heavy atom. The van der Waals surface area contributed by atoms with Crippen LogP contribution < -0.4 is 9.47 Å². The first-order chi connectivity index (χ1) is 7.75. The van der Waals surface area contributed by atoms with E-state index in [4.69, 9.17) is 9.47 Å². The van der Waals surface area contributed by atoms with E-state index in [2.05, 4.69) is 6.07 Å². The molecule has 0 aliphatic carbocycles. The summed E-state index contributed by atoms with van der Waals surface area (Å²) >= 11 is 0. The Kier molecular flexibility index (Phi) is 2.28. The average molecular weight is 220 g/mol. The smallest absolute Gasteiger partial charge is 0.126 e. The van der Waals surface area contributed by atoms with Crippen LogP contribution in [0.4, 0.5) is 0 Å². The van der Waals surface area contributed by atoms with Crippen LogP contribution in [0.1, 0.15) is 23.6 Å². The zero-order valence-corrected chi connectivity index (χ0v) is 9.45. The molecule has 0 radical (unpaired) electrons. The highest BCUT2D eigenvalue weighted by Gasteiger charge is 2.26. The van der Waals surface area contributed by atoms with Crippen molar-refractivity contribution in [2.24, 2.45) is 0 Å². The Morgan fingerprint density at radius 2 is 2.12 bits per heavy atom. The maximum atomic E-state index is 9.57. The molecule has 1 aromatic carbocycles. The summed E-state index contributed by atoms with van der Waals surface area (Å²) in [5, 5.41) is 9.57. The van der Waals surface area contributed by atoms with Crippen molar-refractivity contribution < 1.29 is 14.6 Å². The van der Waals surface area contributed by atoms with Gasteiger partial charge in [0.15, 0.2) is 0 Å². The van der Waals surface area contributed by atoms with E-state index < -0.39 is 0 Å². The Labute approximate surface area is 95.0 Å². The molecule has 0 fully saturated rings. The molecule has 1 N–H and O–H groups in total. The largest absolute Gasteiger partial charge is 0.493 e. The van der Waals surface area contributed by atoms with Crippen LogP contribution in [0.2, 0.25) is 0 Å². The number of hydrogen-bond donors (Lipinski definition) is 1. The van der Waals surface area contributed by atoms with Gasteiger partial charge in [-0.3, -0.25) is 0 Å². The molecule has 3 rings (SSSR count). The lowest BCUT2D eigenvalue weighted by Gasteiger charge is -2.14. The summed E-state index contributed by atoms with van der Waals surface area (Å²) < 4.78 is 11.3. The second kappa shape index (κ2) is 3.67. The van der Waals surface area contributed by atoms with Gasteiger partial charge in [0, 0.05) is 36.0 Å². The first-order valence-corrected chi connectivity index (χ1v) is 5.87. The minimum Gasteiger partial charge on any atom is -0.493 e. The monoisotopic (exact) mass is 220 g/mol. The number of aliphatic hydroxyl groups excluding tert-OH is 1. The predicted molar refractivity (Wildman–Crippen MR) is 60.2 cm³/mol. The summed E-state index contributed by atoms with van der Waals surface area (Å²) in [6.45, 7) is 3.33. The van der Waals surface area contributed by atoms with Gasteiger partial charge in [0.25, 0.3) is 0 Å². The first kappa shape index (κ1) is 9.97. The molecule has 0 saturated carbocycles. The minimum absolute atomic E-state index is 0.333.